The topological polar surface area (TPSA) is 52.3 Å². The molecule has 0 radical (unpaired) electrons. The summed E-state index contributed by atoms with van der Waals surface area (Å²) in [5.74, 6) is 1.13. The summed E-state index contributed by atoms with van der Waals surface area (Å²) >= 11 is 3.29. The maximum Gasteiger partial charge on any atom is 0.306 e. The summed E-state index contributed by atoms with van der Waals surface area (Å²) in [6.07, 6.45) is 7.08. The number of esters is 1. The number of benzene rings is 1. The molecule has 5 heteroatoms. The Labute approximate surface area is 149 Å². The summed E-state index contributed by atoms with van der Waals surface area (Å²) in [7, 11) is 0. The smallest absolute Gasteiger partial charge is 0.306 e. The standard InChI is InChI=1S/C18H29NO2S2/c1-4-6-7-14(5-2)13-21-18(20)10-11-23-15-8-9-17(22-3)16(19)12-15/h8-9,12,14H,4-7,10-11,13,19H2,1-3H3. The van der Waals surface area contributed by atoms with Gasteiger partial charge in [0.1, 0.15) is 0 Å². The molecule has 1 rings (SSSR count). The highest BCUT2D eigenvalue weighted by Crippen LogP contribution is 2.28. The molecule has 130 valence electrons. The zero-order chi connectivity index (χ0) is 17.1. The van der Waals surface area contributed by atoms with Crippen LogP contribution in [0.5, 0.6) is 0 Å². The number of nitrogen functional groups attached to an aromatic ring is 1. The largest absolute Gasteiger partial charge is 0.465 e. The van der Waals surface area contributed by atoms with Gasteiger partial charge in [0.15, 0.2) is 0 Å². The van der Waals surface area contributed by atoms with Gasteiger partial charge in [0.05, 0.1) is 13.0 Å². The molecule has 0 amide bonds. The lowest BCUT2D eigenvalue weighted by molar-refractivity contribution is -0.144. The molecular weight excluding hydrogens is 326 g/mol. The van der Waals surface area contributed by atoms with Crippen molar-refractivity contribution in [2.75, 3.05) is 24.3 Å². The second-order valence-electron chi connectivity index (χ2n) is 5.60. The quantitative estimate of drug-likeness (QED) is 0.334. The van der Waals surface area contributed by atoms with E-state index in [1.54, 1.807) is 23.5 Å². The minimum atomic E-state index is -0.0962. The molecule has 0 aromatic heterocycles. The lowest BCUT2D eigenvalue weighted by Crippen LogP contribution is -2.14. The lowest BCUT2D eigenvalue weighted by atomic mass is 10.0. The van der Waals surface area contributed by atoms with Crippen LogP contribution in [0.3, 0.4) is 0 Å². The molecule has 0 fully saturated rings. The maximum absolute atomic E-state index is 11.8. The summed E-state index contributed by atoms with van der Waals surface area (Å²) in [6.45, 7) is 4.91. The van der Waals surface area contributed by atoms with Crippen molar-refractivity contribution in [2.45, 2.75) is 55.7 Å². The van der Waals surface area contributed by atoms with Crippen molar-refractivity contribution in [3.63, 3.8) is 0 Å². The number of thioether (sulfide) groups is 2. The Morgan fingerprint density at radius 3 is 2.74 bits per heavy atom. The van der Waals surface area contributed by atoms with Crippen molar-refractivity contribution in [1.82, 2.24) is 0 Å². The van der Waals surface area contributed by atoms with Crippen molar-refractivity contribution in [2.24, 2.45) is 5.92 Å². The van der Waals surface area contributed by atoms with Gasteiger partial charge in [-0.3, -0.25) is 4.79 Å². The number of anilines is 1. The fourth-order valence-corrected chi connectivity index (χ4v) is 3.61. The van der Waals surface area contributed by atoms with Crippen LogP contribution in [-0.2, 0) is 9.53 Å². The number of ether oxygens (including phenoxy) is 1. The van der Waals surface area contributed by atoms with Crippen molar-refractivity contribution >= 4 is 35.2 Å². The second-order valence-corrected chi connectivity index (χ2v) is 7.62. The van der Waals surface area contributed by atoms with Crippen LogP contribution in [-0.4, -0.2) is 24.6 Å². The highest BCUT2D eigenvalue weighted by Gasteiger charge is 2.10. The predicted octanol–water partition coefficient (Wildman–Crippen LogP) is 5.23. The summed E-state index contributed by atoms with van der Waals surface area (Å²) in [4.78, 5) is 14.0. The molecule has 0 aliphatic rings. The van der Waals surface area contributed by atoms with Gasteiger partial charge in [-0.15, -0.1) is 23.5 Å². The number of hydrogen-bond donors (Lipinski definition) is 1. The number of carbonyl (C=O) groups excluding carboxylic acids is 1. The van der Waals surface area contributed by atoms with E-state index < -0.39 is 0 Å². The van der Waals surface area contributed by atoms with E-state index >= 15 is 0 Å². The SMILES string of the molecule is CCCCC(CC)COC(=O)CCSc1ccc(SC)c(N)c1. The highest BCUT2D eigenvalue weighted by molar-refractivity contribution is 7.99. The molecule has 0 saturated carbocycles. The van der Waals surface area contributed by atoms with Gasteiger partial charge in [0, 0.05) is 21.2 Å². The van der Waals surface area contributed by atoms with Crippen LogP contribution in [0, 0.1) is 5.92 Å². The monoisotopic (exact) mass is 355 g/mol. The summed E-state index contributed by atoms with van der Waals surface area (Å²) in [5.41, 5.74) is 6.77. The lowest BCUT2D eigenvalue weighted by Gasteiger charge is -2.14. The average Bonchev–Trinajstić information content (AvgIpc) is 2.55. The Morgan fingerprint density at radius 2 is 2.13 bits per heavy atom. The summed E-state index contributed by atoms with van der Waals surface area (Å²) in [5, 5.41) is 0. The number of carbonyl (C=O) groups is 1. The van der Waals surface area contributed by atoms with Crippen molar-refractivity contribution in [1.29, 1.82) is 0 Å². The minimum Gasteiger partial charge on any atom is -0.465 e. The minimum absolute atomic E-state index is 0.0962. The van der Waals surface area contributed by atoms with Crippen LogP contribution in [0.15, 0.2) is 28.0 Å². The van der Waals surface area contributed by atoms with Crippen LogP contribution in [0.25, 0.3) is 0 Å². The molecular formula is C18H29NO2S2. The molecule has 0 bridgehead atoms. The third-order valence-electron chi connectivity index (χ3n) is 3.80. The number of nitrogens with two attached hydrogens (primary N) is 1. The van der Waals surface area contributed by atoms with Crippen LogP contribution < -0.4 is 5.73 Å². The number of unbranched alkanes of at least 4 members (excludes halogenated alkanes) is 1. The van der Waals surface area contributed by atoms with E-state index in [-0.39, 0.29) is 5.97 Å². The molecule has 0 saturated heterocycles. The Kier molecular flexibility index (Phi) is 10.3. The Balaban J connectivity index is 2.27. The van der Waals surface area contributed by atoms with Crippen molar-refractivity contribution in [3.05, 3.63) is 18.2 Å². The zero-order valence-corrected chi connectivity index (χ0v) is 16.1. The third kappa shape index (κ3) is 8.02. The molecule has 0 spiro atoms. The molecule has 1 atom stereocenters. The van der Waals surface area contributed by atoms with E-state index in [1.165, 1.54) is 12.8 Å². The average molecular weight is 356 g/mol. The number of rotatable bonds is 11. The van der Waals surface area contributed by atoms with Gasteiger partial charge in [-0.1, -0.05) is 33.1 Å². The van der Waals surface area contributed by atoms with Crippen LogP contribution in [0.2, 0.25) is 0 Å². The van der Waals surface area contributed by atoms with Crippen LogP contribution >= 0.6 is 23.5 Å². The molecule has 0 aliphatic heterocycles. The Hall–Kier alpha value is -0.810. The highest BCUT2D eigenvalue weighted by atomic mass is 32.2. The molecule has 2 N–H and O–H groups in total. The first-order valence-corrected chi connectivity index (χ1v) is 10.5. The van der Waals surface area contributed by atoms with Gasteiger partial charge < -0.3 is 10.5 Å². The molecule has 0 aliphatic carbocycles. The van der Waals surface area contributed by atoms with Gasteiger partial charge >= 0.3 is 5.97 Å². The molecule has 1 unspecified atom stereocenters. The fraction of sp³-hybridized carbons (Fsp3) is 0.611. The molecule has 23 heavy (non-hydrogen) atoms. The first kappa shape index (κ1) is 20.2. The van der Waals surface area contributed by atoms with E-state index in [1.807, 2.05) is 18.4 Å². The predicted molar refractivity (Wildman–Crippen MR) is 102 cm³/mol. The van der Waals surface area contributed by atoms with E-state index in [2.05, 4.69) is 19.9 Å². The summed E-state index contributed by atoms with van der Waals surface area (Å²) in [6, 6.07) is 6.05. The first-order valence-electron chi connectivity index (χ1n) is 8.32. The Morgan fingerprint density at radius 1 is 1.35 bits per heavy atom. The normalized spacial score (nSPS) is 12.1. The molecule has 3 nitrogen and oxygen atoms in total. The van der Waals surface area contributed by atoms with Gasteiger partial charge in [0.25, 0.3) is 0 Å². The number of hydrogen-bond acceptors (Lipinski definition) is 5. The van der Waals surface area contributed by atoms with Crippen molar-refractivity contribution < 1.29 is 9.53 Å². The van der Waals surface area contributed by atoms with Crippen molar-refractivity contribution in [3.8, 4) is 0 Å². The van der Waals surface area contributed by atoms with Gasteiger partial charge in [-0.05, 0) is 36.8 Å². The molecule has 0 heterocycles. The van der Waals surface area contributed by atoms with E-state index in [0.29, 0.717) is 18.9 Å². The van der Waals surface area contributed by atoms with Gasteiger partial charge in [-0.2, -0.15) is 0 Å². The second kappa shape index (κ2) is 11.7. The van der Waals surface area contributed by atoms with E-state index in [9.17, 15) is 4.79 Å². The van der Waals surface area contributed by atoms with Gasteiger partial charge in [0.2, 0.25) is 0 Å². The molecule has 1 aromatic carbocycles. The first-order chi connectivity index (χ1) is 11.1. The van der Waals surface area contributed by atoms with E-state index in [4.69, 9.17) is 10.5 Å². The fourth-order valence-electron chi connectivity index (χ4n) is 2.24. The maximum atomic E-state index is 11.8. The van der Waals surface area contributed by atoms with Gasteiger partial charge in [-0.25, -0.2) is 0 Å². The van der Waals surface area contributed by atoms with Crippen LogP contribution in [0.1, 0.15) is 46.0 Å². The van der Waals surface area contributed by atoms with Crippen LogP contribution in [0.4, 0.5) is 5.69 Å². The zero-order valence-electron chi connectivity index (χ0n) is 14.5. The summed E-state index contributed by atoms with van der Waals surface area (Å²) < 4.78 is 5.41. The van der Waals surface area contributed by atoms with E-state index in [0.717, 1.165) is 34.1 Å². The molecule has 1 aromatic rings. The Bertz CT molecular complexity index is 480. The third-order valence-corrected chi connectivity index (χ3v) is 5.61.